The molecule has 9 heteroatoms. The number of carbonyl (C=O) groups is 5. The molecular weight excluding hydrogens is 636 g/mol. The van der Waals surface area contributed by atoms with E-state index < -0.39 is 41.5 Å². The van der Waals surface area contributed by atoms with Crippen LogP contribution in [-0.2, 0) is 69.3 Å². The number of carbonyl (C=O) groups excluding carboxylic acids is 5. The van der Waals surface area contributed by atoms with Gasteiger partial charge in [0.15, 0.2) is 0 Å². The zero-order valence-corrected chi connectivity index (χ0v) is 27.9. The first kappa shape index (κ1) is 37.3. The van der Waals surface area contributed by atoms with Crippen molar-refractivity contribution in [1.82, 2.24) is 0 Å². The molecule has 4 rings (SSSR count). The van der Waals surface area contributed by atoms with Crippen LogP contribution in [0.3, 0.4) is 0 Å². The van der Waals surface area contributed by atoms with Gasteiger partial charge >= 0.3 is 23.9 Å². The monoisotopic (exact) mass is 678 g/mol. The molecule has 0 aliphatic heterocycles. The number of Topliss-reactive ketones (excluding diaryl/α,β-unsaturated/α-hetero) is 1. The Labute approximate surface area is 292 Å². The Morgan fingerprint density at radius 3 is 0.980 bits per heavy atom. The van der Waals surface area contributed by atoms with Gasteiger partial charge in [0.1, 0.15) is 32.2 Å². The summed E-state index contributed by atoms with van der Waals surface area (Å²) in [5.74, 6) is -4.60. The summed E-state index contributed by atoms with van der Waals surface area (Å²) in [7, 11) is 0. The van der Waals surface area contributed by atoms with Crippen molar-refractivity contribution >= 4 is 29.7 Å². The molecule has 0 aromatic heterocycles. The normalized spacial score (nSPS) is 11.8. The van der Waals surface area contributed by atoms with E-state index in [2.05, 4.69) is 0 Å². The van der Waals surface area contributed by atoms with Crippen molar-refractivity contribution in [2.75, 3.05) is 0 Å². The molecule has 0 aliphatic rings. The van der Waals surface area contributed by atoms with Gasteiger partial charge in [0.2, 0.25) is 0 Å². The molecule has 0 saturated heterocycles. The number of hydrogen-bond donors (Lipinski definition) is 0. The van der Waals surface area contributed by atoms with Crippen molar-refractivity contribution in [3.05, 3.63) is 144 Å². The van der Waals surface area contributed by atoms with Crippen LogP contribution in [0.1, 0.15) is 60.8 Å². The molecule has 4 aromatic rings. The molecule has 0 saturated carbocycles. The SMILES string of the molecule is O=C(CC(CCC(=O)OCc1ccccc1)C(=O)OCc1ccccc1)CC(CCC(=O)OCc1ccccc1)C(=O)OCc1ccccc1. The highest BCUT2D eigenvalue weighted by atomic mass is 16.5. The smallest absolute Gasteiger partial charge is 0.309 e. The molecule has 0 heterocycles. The van der Waals surface area contributed by atoms with Crippen LogP contribution in [0, 0.1) is 11.8 Å². The maximum Gasteiger partial charge on any atom is 0.309 e. The van der Waals surface area contributed by atoms with E-state index in [-0.39, 0.29) is 65.0 Å². The highest BCUT2D eigenvalue weighted by Gasteiger charge is 2.29. The Balaban J connectivity index is 1.38. The van der Waals surface area contributed by atoms with Crippen molar-refractivity contribution in [1.29, 1.82) is 0 Å². The molecule has 0 radical (unpaired) electrons. The highest BCUT2D eigenvalue weighted by molar-refractivity contribution is 5.88. The molecule has 0 amide bonds. The first-order valence-corrected chi connectivity index (χ1v) is 16.7. The topological polar surface area (TPSA) is 122 Å². The standard InChI is InChI=1S/C41H42O9/c42-37(25-35(40(45)49-29-33-17-9-3-10-18-33)21-23-38(43)47-27-31-13-5-1-6-14-31)26-36(41(46)50-30-34-19-11-4-12-20-34)22-24-39(44)48-28-32-15-7-2-8-16-32/h1-20,35-36H,21-30H2. The van der Waals surface area contributed by atoms with Gasteiger partial charge in [-0.15, -0.1) is 0 Å². The lowest BCUT2D eigenvalue weighted by Crippen LogP contribution is -2.26. The fourth-order valence-electron chi connectivity index (χ4n) is 5.14. The van der Waals surface area contributed by atoms with Crippen LogP contribution < -0.4 is 0 Å². The summed E-state index contributed by atoms with van der Waals surface area (Å²) in [6, 6.07) is 36.6. The van der Waals surface area contributed by atoms with Gasteiger partial charge < -0.3 is 18.9 Å². The Bertz CT molecular complexity index is 1520. The number of ketones is 1. The molecule has 2 atom stereocenters. The molecule has 0 spiro atoms. The van der Waals surface area contributed by atoms with Crippen molar-refractivity contribution < 1.29 is 42.9 Å². The van der Waals surface area contributed by atoms with Gasteiger partial charge in [0.05, 0.1) is 11.8 Å². The fraction of sp³-hybridized carbons (Fsp3) is 0.293. The van der Waals surface area contributed by atoms with Crippen LogP contribution in [0.2, 0.25) is 0 Å². The fourth-order valence-corrected chi connectivity index (χ4v) is 5.14. The molecule has 0 fully saturated rings. The van der Waals surface area contributed by atoms with E-state index in [4.69, 9.17) is 18.9 Å². The maximum atomic E-state index is 13.5. The zero-order chi connectivity index (χ0) is 35.4. The van der Waals surface area contributed by atoms with Crippen molar-refractivity contribution in [2.24, 2.45) is 11.8 Å². The minimum absolute atomic E-state index is 0.00233. The molecule has 0 bridgehead atoms. The molecule has 0 aliphatic carbocycles. The van der Waals surface area contributed by atoms with E-state index in [0.29, 0.717) is 0 Å². The molecule has 50 heavy (non-hydrogen) atoms. The highest BCUT2D eigenvalue weighted by Crippen LogP contribution is 2.22. The quantitative estimate of drug-likeness (QED) is 0.0711. The summed E-state index contributed by atoms with van der Waals surface area (Å²) in [5, 5.41) is 0. The third-order valence-electron chi connectivity index (χ3n) is 7.94. The lowest BCUT2D eigenvalue weighted by molar-refractivity contribution is -0.153. The zero-order valence-electron chi connectivity index (χ0n) is 27.9. The second-order valence-electron chi connectivity index (χ2n) is 11.9. The van der Waals surface area contributed by atoms with Gasteiger partial charge in [-0.25, -0.2) is 0 Å². The average Bonchev–Trinajstić information content (AvgIpc) is 3.16. The number of ether oxygens (including phenoxy) is 4. The van der Waals surface area contributed by atoms with Gasteiger partial charge in [-0.05, 0) is 35.1 Å². The number of hydrogen-bond acceptors (Lipinski definition) is 9. The van der Waals surface area contributed by atoms with E-state index in [9.17, 15) is 24.0 Å². The third kappa shape index (κ3) is 13.9. The minimum atomic E-state index is -0.952. The van der Waals surface area contributed by atoms with E-state index in [1.54, 1.807) is 0 Å². The number of esters is 4. The molecule has 0 N–H and O–H groups in total. The van der Waals surface area contributed by atoms with Crippen LogP contribution >= 0.6 is 0 Å². The molecular formula is C41H42O9. The predicted octanol–water partition coefficient (Wildman–Crippen LogP) is 7.10. The largest absolute Gasteiger partial charge is 0.461 e. The van der Waals surface area contributed by atoms with E-state index >= 15 is 0 Å². The van der Waals surface area contributed by atoms with E-state index in [1.165, 1.54) is 0 Å². The summed E-state index contributed by atoms with van der Waals surface area (Å²) < 4.78 is 21.8. The predicted molar refractivity (Wildman–Crippen MR) is 185 cm³/mol. The van der Waals surface area contributed by atoms with Crippen molar-refractivity contribution in [2.45, 2.75) is 65.0 Å². The summed E-state index contributed by atoms with van der Waals surface area (Å²) in [6.45, 7) is 0.176. The summed E-state index contributed by atoms with van der Waals surface area (Å²) in [6.07, 6.45) is -0.715. The average molecular weight is 679 g/mol. The van der Waals surface area contributed by atoms with Gasteiger partial charge in [-0.2, -0.15) is 0 Å². The second kappa shape index (κ2) is 20.7. The van der Waals surface area contributed by atoms with Crippen LogP contribution in [0.25, 0.3) is 0 Å². The lowest BCUT2D eigenvalue weighted by atomic mass is 9.90. The Morgan fingerprint density at radius 2 is 0.680 bits per heavy atom. The second-order valence-corrected chi connectivity index (χ2v) is 11.9. The summed E-state index contributed by atoms with van der Waals surface area (Å²) in [5.41, 5.74) is 3.19. The van der Waals surface area contributed by atoms with Crippen LogP contribution in [-0.4, -0.2) is 29.7 Å². The van der Waals surface area contributed by atoms with E-state index in [0.717, 1.165) is 22.3 Å². The van der Waals surface area contributed by atoms with Gasteiger partial charge in [-0.3, -0.25) is 24.0 Å². The Hall–Kier alpha value is -5.57. The van der Waals surface area contributed by atoms with Gasteiger partial charge in [0, 0.05) is 25.7 Å². The van der Waals surface area contributed by atoms with E-state index in [1.807, 2.05) is 121 Å². The molecule has 260 valence electrons. The van der Waals surface area contributed by atoms with Crippen molar-refractivity contribution in [3.8, 4) is 0 Å². The Kier molecular flexibility index (Phi) is 15.4. The first-order chi connectivity index (χ1) is 24.4. The molecule has 2 unspecified atom stereocenters. The number of benzene rings is 4. The molecule has 4 aromatic carbocycles. The van der Waals surface area contributed by atoms with Gasteiger partial charge in [-0.1, -0.05) is 121 Å². The summed E-state index contributed by atoms with van der Waals surface area (Å²) >= 11 is 0. The minimum Gasteiger partial charge on any atom is -0.461 e. The van der Waals surface area contributed by atoms with Gasteiger partial charge in [0.25, 0.3) is 0 Å². The van der Waals surface area contributed by atoms with Crippen molar-refractivity contribution in [3.63, 3.8) is 0 Å². The van der Waals surface area contributed by atoms with Crippen LogP contribution in [0.5, 0.6) is 0 Å². The lowest BCUT2D eigenvalue weighted by Gasteiger charge is -2.18. The first-order valence-electron chi connectivity index (χ1n) is 16.7. The molecule has 9 nitrogen and oxygen atoms in total. The Morgan fingerprint density at radius 1 is 0.400 bits per heavy atom. The number of rotatable bonds is 20. The summed E-state index contributed by atoms with van der Waals surface area (Å²) in [4.78, 5) is 65.2. The maximum absolute atomic E-state index is 13.5. The van der Waals surface area contributed by atoms with Crippen LogP contribution in [0.4, 0.5) is 0 Å². The van der Waals surface area contributed by atoms with Crippen LogP contribution in [0.15, 0.2) is 121 Å². The third-order valence-corrected chi connectivity index (χ3v) is 7.94.